The van der Waals surface area contributed by atoms with Crippen molar-refractivity contribution in [2.45, 2.75) is 38.3 Å². The molecule has 2 aromatic rings. The van der Waals surface area contributed by atoms with Gasteiger partial charge < -0.3 is 10.6 Å². The molecule has 1 aromatic heterocycles. The second-order valence-corrected chi connectivity index (χ2v) is 5.59. The fourth-order valence-electron chi connectivity index (χ4n) is 2.99. The Morgan fingerprint density at radius 1 is 1.50 bits per heavy atom. The van der Waals surface area contributed by atoms with Crippen molar-refractivity contribution < 1.29 is 4.79 Å². The number of piperidine rings is 1. The van der Waals surface area contributed by atoms with Crippen molar-refractivity contribution in [1.29, 1.82) is 0 Å². The molecule has 0 aliphatic carbocycles. The summed E-state index contributed by atoms with van der Waals surface area (Å²) in [6, 6.07) is 5.82. The number of benzene rings is 1. The molecular formula is C15H20N4O. The Morgan fingerprint density at radius 2 is 2.35 bits per heavy atom. The van der Waals surface area contributed by atoms with E-state index in [1.54, 1.807) is 6.20 Å². The molecule has 1 aliphatic heterocycles. The average Bonchev–Trinajstić information content (AvgIpc) is 2.93. The predicted molar refractivity (Wildman–Crippen MR) is 78.4 cm³/mol. The highest BCUT2D eigenvalue weighted by Gasteiger charge is 2.29. The summed E-state index contributed by atoms with van der Waals surface area (Å²) in [5.41, 5.74) is 7.63. The van der Waals surface area contributed by atoms with E-state index in [-0.39, 0.29) is 18.0 Å². The normalized spacial score (nSPS) is 21.1. The standard InChI is InChI=1S/C15H20N4O/c1-10(16)14-4-2-3-7-19(14)15(20)11-5-6-12-9-17-18-13(12)8-11/h5-6,8-10,14H,2-4,7,16H2,1H3,(H,17,18). The number of carbonyl (C=O) groups is 1. The zero-order chi connectivity index (χ0) is 14.1. The molecule has 1 aromatic carbocycles. The maximum Gasteiger partial charge on any atom is 0.254 e. The third-order valence-corrected chi connectivity index (χ3v) is 4.11. The largest absolute Gasteiger partial charge is 0.334 e. The summed E-state index contributed by atoms with van der Waals surface area (Å²) in [7, 11) is 0. The van der Waals surface area contributed by atoms with Crippen LogP contribution in [0.3, 0.4) is 0 Å². The minimum absolute atomic E-state index is 0.00938. The van der Waals surface area contributed by atoms with Crippen LogP contribution in [0.2, 0.25) is 0 Å². The topological polar surface area (TPSA) is 75.0 Å². The van der Waals surface area contributed by atoms with E-state index in [1.165, 1.54) is 0 Å². The van der Waals surface area contributed by atoms with Crippen LogP contribution >= 0.6 is 0 Å². The van der Waals surface area contributed by atoms with Crippen LogP contribution < -0.4 is 5.73 Å². The molecule has 0 spiro atoms. The van der Waals surface area contributed by atoms with Crippen LogP contribution in [0.4, 0.5) is 0 Å². The van der Waals surface area contributed by atoms with Crippen molar-refractivity contribution >= 4 is 16.8 Å². The summed E-state index contributed by atoms with van der Waals surface area (Å²) in [5, 5.41) is 7.91. The predicted octanol–water partition coefficient (Wildman–Crippen LogP) is 1.90. The summed E-state index contributed by atoms with van der Waals surface area (Å²) in [4.78, 5) is 14.7. The Balaban J connectivity index is 1.89. The van der Waals surface area contributed by atoms with Gasteiger partial charge in [-0.25, -0.2) is 0 Å². The average molecular weight is 272 g/mol. The first-order valence-electron chi connectivity index (χ1n) is 7.16. The van der Waals surface area contributed by atoms with Crippen molar-refractivity contribution in [2.24, 2.45) is 5.73 Å². The molecule has 1 aliphatic rings. The summed E-state index contributed by atoms with van der Waals surface area (Å²) in [5.74, 6) is 0.0727. The van der Waals surface area contributed by atoms with Crippen molar-refractivity contribution in [2.75, 3.05) is 6.54 Å². The molecule has 2 unspecified atom stereocenters. The number of nitrogens with zero attached hydrogens (tertiary/aromatic N) is 2. The highest BCUT2D eigenvalue weighted by molar-refractivity contribution is 5.98. The molecule has 20 heavy (non-hydrogen) atoms. The smallest absolute Gasteiger partial charge is 0.254 e. The Bertz CT molecular complexity index is 619. The number of hydrogen-bond acceptors (Lipinski definition) is 3. The first kappa shape index (κ1) is 13.1. The molecule has 3 rings (SSSR count). The zero-order valence-electron chi connectivity index (χ0n) is 11.7. The third-order valence-electron chi connectivity index (χ3n) is 4.11. The second-order valence-electron chi connectivity index (χ2n) is 5.59. The highest BCUT2D eigenvalue weighted by atomic mass is 16.2. The minimum Gasteiger partial charge on any atom is -0.334 e. The van der Waals surface area contributed by atoms with Gasteiger partial charge in [0.2, 0.25) is 0 Å². The van der Waals surface area contributed by atoms with Crippen LogP contribution in [0, 0.1) is 0 Å². The molecule has 2 heterocycles. The lowest BCUT2D eigenvalue weighted by Crippen LogP contribution is -2.51. The van der Waals surface area contributed by atoms with E-state index in [4.69, 9.17) is 5.73 Å². The molecule has 0 radical (unpaired) electrons. The number of carbonyl (C=O) groups excluding carboxylic acids is 1. The molecule has 0 saturated carbocycles. The Morgan fingerprint density at radius 3 is 3.15 bits per heavy atom. The van der Waals surface area contributed by atoms with Gasteiger partial charge in [0.05, 0.1) is 11.7 Å². The number of rotatable bonds is 2. The van der Waals surface area contributed by atoms with Crippen LogP contribution in [-0.4, -0.2) is 39.6 Å². The number of nitrogens with one attached hydrogen (secondary N) is 1. The second kappa shape index (κ2) is 5.25. The summed E-state index contributed by atoms with van der Waals surface area (Å²) < 4.78 is 0. The highest BCUT2D eigenvalue weighted by Crippen LogP contribution is 2.22. The van der Waals surface area contributed by atoms with Crippen molar-refractivity contribution in [3.63, 3.8) is 0 Å². The fourth-order valence-corrected chi connectivity index (χ4v) is 2.99. The van der Waals surface area contributed by atoms with Gasteiger partial charge in [0.15, 0.2) is 0 Å². The van der Waals surface area contributed by atoms with Crippen LogP contribution in [0.15, 0.2) is 24.4 Å². The van der Waals surface area contributed by atoms with Crippen molar-refractivity contribution in [3.05, 3.63) is 30.0 Å². The molecule has 0 bridgehead atoms. The Labute approximate surface area is 118 Å². The Hall–Kier alpha value is -1.88. The molecule has 3 N–H and O–H groups in total. The van der Waals surface area contributed by atoms with E-state index >= 15 is 0 Å². The molecule has 5 nitrogen and oxygen atoms in total. The van der Waals surface area contributed by atoms with Gasteiger partial charge in [-0.15, -0.1) is 0 Å². The van der Waals surface area contributed by atoms with E-state index in [2.05, 4.69) is 10.2 Å². The number of aromatic nitrogens is 2. The first-order chi connectivity index (χ1) is 9.66. The van der Waals surface area contributed by atoms with E-state index in [0.29, 0.717) is 5.56 Å². The van der Waals surface area contributed by atoms with Crippen LogP contribution in [0.25, 0.3) is 10.9 Å². The van der Waals surface area contributed by atoms with Gasteiger partial charge in [0, 0.05) is 29.6 Å². The van der Waals surface area contributed by atoms with Crippen LogP contribution in [0.5, 0.6) is 0 Å². The quantitative estimate of drug-likeness (QED) is 0.876. The molecule has 106 valence electrons. The maximum atomic E-state index is 12.7. The van der Waals surface area contributed by atoms with Gasteiger partial charge in [-0.2, -0.15) is 5.10 Å². The molecule has 1 saturated heterocycles. The third kappa shape index (κ3) is 2.29. The molecular weight excluding hydrogens is 252 g/mol. The molecule has 1 fully saturated rings. The van der Waals surface area contributed by atoms with Gasteiger partial charge in [-0.05, 0) is 38.3 Å². The number of nitrogens with two attached hydrogens (primary N) is 1. The lowest BCUT2D eigenvalue weighted by Gasteiger charge is -2.38. The number of hydrogen-bond donors (Lipinski definition) is 2. The summed E-state index contributed by atoms with van der Waals surface area (Å²) in [6.45, 7) is 2.78. The number of amides is 1. The van der Waals surface area contributed by atoms with Crippen LogP contribution in [0.1, 0.15) is 36.5 Å². The monoisotopic (exact) mass is 272 g/mol. The van der Waals surface area contributed by atoms with E-state index in [9.17, 15) is 4.79 Å². The number of likely N-dealkylation sites (tertiary alicyclic amines) is 1. The molecule has 1 amide bonds. The van der Waals surface area contributed by atoms with Gasteiger partial charge >= 0.3 is 0 Å². The first-order valence-corrected chi connectivity index (χ1v) is 7.16. The lowest BCUT2D eigenvalue weighted by molar-refractivity contribution is 0.0584. The molecule has 5 heteroatoms. The number of aromatic amines is 1. The van der Waals surface area contributed by atoms with E-state index < -0.39 is 0 Å². The number of H-pyrrole nitrogens is 1. The van der Waals surface area contributed by atoms with Gasteiger partial charge in [-0.1, -0.05) is 6.07 Å². The zero-order valence-corrected chi connectivity index (χ0v) is 11.7. The van der Waals surface area contributed by atoms with E-state index in [0.717, 1.165) is 36.7 Å². The van der Waals surface area contributed by atoms with Crippen LogP contribution in [-0.2, 0) is 0 Å². The van der Waals surface area contributed by atoms with Gasteiger partial charge in [0.1, 0.15) is 0 Å². The summed E-state index contributed by atoms with van der Waals surface area (Å²) >= 11 is 0. The van der Waals surface area contributed by atoms with E-state index in [1.807, 2.05) is 30.0 Å². The summed E-state index contributed by atoms with van der Waals surface area (Å²) in [6.07, 6.45) is 4.96. The van der Waals surface area contributed by atoms with Gasteiger partial charge in [0.25, 0.3) is 5.91 Å². The van der Waals surface area contributed by atoms with Crippen molar-refractivity contribution in [3.8, 4) is 0 Å². The maximum absolute atomic E-state index is 12.7. The lowest BCUT2D eigenvalue weighted by atomic mass is 9.96. The SMILES string of the molecule is CC(N)C1CCCCN1C(=O)c1ccc2cn[nH]c2c1. The van der Waals surface area contributed by atoms with Crippen molar-refractivity contribution in [1.82, 2.24) is 15.1 Å². The minimum atomic E-state index is 0.00938. The number of fused-ring (bicyclic) bond motifs is 1. The fraction of sp³-hybridized carbons (Fsp3) is 0.467. The Kier molecular flexibility index (Phi) is 3.44. The molecule has 2 atom stereocenters. The van der Waals surface area contributed by atoms with Gasteiger partial charge in [-0.3, -0.25) is 9.89 Å².